The number of aromatic nitrogens is 1. The van der Waals surface area contributed by atoms with Gasteiger partial charge in [0.2, 0.25) is 5.75 Å². The maximum Gasteiger partial charge on any atom is 0.204 e. The Balaban J connectivity index is 2.90. The highest BCUT2D eigenvalue weighted by Crippen LogP contribution is 2.43. The predicted octanol–water partition coefficient (Wildman–Crippen LogP) is 2.57. The third kappa shape index (κ3) is 1.75. The van der Waals surface area contributed by atoms with Crippen LogP contribution < -0.4 is 14.2 Å². The van der Waals surface area contributed by atoms with Crippen molar-refractivity contribution in [2.45, 2.75) is 6.92 Å². The minimum absolute atomic E-state index is 0.596. The third-order valence-corrected chi connectivity index (χ3v) is 2.74. The third-order valence-electron chi connectivity index (χ3n) is 2.74. The lowest BCUT2D eigenvalue weighted by Crippen LogP contribution is -1.97. The summed E-state index contributed by atoms with van der Waals surface area (Å²) in [5.41, 5.74) is 0.903. The van der Waals surface area contributed by atoms with E-state index in [-0.39, 0.29) is 0 Å². The summed E-state index contributed by atoms with van der Waals surface area (Å²) in [6.45, 7) is 1.94. The molecule has 4 heteroatoms. The van der Waals surface area contributed by atoms with Gasteiger partial charge in [-0.2, -0.15) is 0 Å². The number of hydrogen-bond donors (Lipinski definition) is 0. The molecular formula is C13H15NO3. The quantitative estimate of drug-likeness (QED) is 0.817. The van der Waals surface area contributed by atoms with Gasteiger partial charge in [-0.25, -0.2) is 0 Å². The summed E-state index contributed by atoms with van der Waals surface area (Å²) < 4.78 is 16.1. The van der Waals surface area contributed by atoms with Gasteiger partial charge in [-0.1, -0.05) is 0 Å². The monoisotopic (exact) mass is 233 g/mol. The molecule has 4 nitrogen and oxygen atoms in total. The molecule has 2 aromatic rings. The fraction of sp³-hybridized carbons (Fsp3) is 0.308. The van der Waals surface area contributed by atoms with Gasteiger partial charge in [0.1, 0.15) is 0 Å². The summed E-state index contributed by atoms with van der Waals surface area (Å²) in [6, 6.07) is 3.85. The second-order valence-corrected chi connectivity index (χ2v) is 3.64. The molecule has 0 aliphatic carbocycles. The lowest BCUT2D eigenvalue weighted by atomic mass is 10.1. The fourth-order valence-corrected chi connectivity index (χ4v) is 1.97. The van der Waals surface area contributed by atoms with Crippen molar-refractivity contribution >= 4 is 10.8 Å². The summed E-state index contributed by atoms with van der Waals surface area (Å²) in [7, 11) is 4.82. The highest BCUT2D eigenvalue weighted by Gasteiger charge is 2.17. The van der Waals surface area contributed by atoms with Crippen molar-refractivity contribution in [2.24, 2.45) is 0 Å². The van der Waals surface area contributed by atoms with E-state index in [2.05, 4.69) is 4.98 Å². The topological polar surface area (TPSA) is 40.6 Å². The molecule has 0 aliphatic rings. The van der Waals surface area contributed by atoms with Crippen molar-refractivity contribution in [2.75, 3.05) is 21.3 Å². The van der Waals surface area contributed by atoms with E-state index in [1.807, 2.05) is 19.1 Å². The van der Waals surface area contributed by atoms with Crippen molar-refractivity contribution < 1.29 is 14.2 Å². The molecule has 0 fully saturated rings. The molecule has 0 spiro atoms. The lowest BCUT2D eigenvalue weighted by Gasteiger charge is -2.15. The second kappa shape index (κ2) is 4.49. The van der Waals surface area contributed by atoms with E-state index in [0.717, 1.165) is 16.5 Å². The Morgan fingerprint density at radius 3 is 2.29 bits per heavy atom. The van der Waals surface area contributed by atoms with E-state index in [1.165, 1.54) is 0 Å². The Morgan fingerprint density at radius 2 is 1.71 bits per heavy atom. The van der Waals surface area contributed by atoms with E-state index >= 15 is 0 Å². The number of nitrogens with zero attached hydrogens (tertiary/aromatic N) is 1. The molecule has 0 saturated heterocycles. The van der Waals surface area contributed by atoms with E-state index in [4.69, 9.17) is 14.2 Å². The standard InChI is InChI=1S/C13H15NO3/c1-8-11-9(5-6-14-8)7-10(15-2)12(16-3)13(11)17-4/h5-7H,1-4H3. The zero-order valence-corrected chi connectivity index (χ0v) is 10.4. The number of hydrogen-bond acceptors (Lipinski definition) is 4. The Hall–Kier alpha value is -1.97. The summed E-state index contributed by atoms with van der Waals surface area (Å²) in [5, 5.41) is 1.97. The van der Waals surface area contributed by atoms with Crippen LogP contribution in [0, 0.1) is 6.92 Å². The van der Waals surface area contributed by atoms with Crippen molar-refractivity contribution in [3.8, 4) is 17.2 Å². The molecule has 0 unspecified atom stereocenters. The highest BCUT2D eigenvalue weighted by molar-refractivity contribution is 5.94. The normalized spacial score (nSPS) is 10.4. The SMILES string of the molecule is COc1cc2ccnc(C)c2c(OC)c1OC. The van der Waals surface area contributed by atoms with Crippen molar-refractivity contribution in [3.63, 3.8) is 0 Å². The molecule has 1 aromatic carbocycles. The van der Waals surface area contributed by atoms with Gasteiger partial charge >= 0.3 is 0 Å². The number of rotatable bonds is 3. The molecule has 0 aliphatic heterocycles. The molecular weight excluding hydrogens is 218 g/mol. The zero-order chi connectivity index (χ0) is 12.4. The average molecular weight is 233 g/mol. The smallest absolute Gasteiger partial charge is 0.204 e. The van der Waals surface area contributed by atoms with Crippen LogP contribution in [-0.4, -0.2) is 26.3 Å². The molecule has 1 heterocycles. The van der Waals surface area contributed by atoms with Crippen LogP contribution in [0.1, 0.15) is 5.69 Å². The van der Waals surface area contributed by atoms with Crippen molar-refractivity contribution in [1.82, 2.24) is 4.98 Å². The molecule has 90 valence electrons. The van der Waals surface area contributed by atoms with Crippen LogP contribution in [0.2, 0.25) is 0 Å². The van der Waals surface area contributed by atoms with Gasteiger partial charge in [-0.05, 0) is 24.4 Å². The van der Waals surface area contributed by atoms with Crippen LogP contribution in [0.25, 0.3) is 10.8 Å². The van der Waals surface area contributed by atoms with E-state index in [0.29, 0.717) is 17.2 Å². The van der Waals surface area contributed by atoms with Gasteiger partial charge in [0, 0.05) is 17.3 Å². The molecule has 0 radical (unpaired) electrons. The van der Waals surface area contributed by atoms with E-state index in [1.54, 1.807) is 27.5 Å². The highest BCUT2D eigenvalue weighted by atomic mass is 16.5. The van der Waals surface area contributed by atoms with Gasteiger partial charge in [0.25, 0.3) is 0 Å². The van der Waals surface area contributed by atoms with Gasteiger partial charge in [-0.15, -0.1) is 0 Å². The molecule has 0 N–H and O–H groups in total. The Kier molecular flexibility index (Phi) is 3.04. The second-order valence-electron chi connectivity index (χ2n) is 3.64. The van der Waals surface area contributed by atoms with Crippen LogP contribution in [0.3, 0.4) is 0 Å². The molecule has 1 aromatic heterocycles. The molecule has 0 saturated carbocycles. The number of methoxy groups -OCH3 is 3. The summed E-state index contributed by atoms with van der Waals surface area (Å²) >= 11 is 0. The Morgan fingerprint density at radius 1 is 1.00 bits per heavy atom. The summed E-state index contributed by atoms with van der Waals surface area (Å²) in [4.78, 5) is 4.27. The first-order valence-corrected chi connectivity index (χ1v) is 5.27. The lowest BCUT2D eigenvalue weighted by molar-refractivity contribution is 0.327. The van der Waals surface area contributed by atoms with Gasteiger partial charge < -0.3 is 14.2 Å². The van der Waals surface area contributed by atoms with E-state index < -0.39 is 0 Å². The number of benzene rings is 1. The first kappa shape index (κ1) is 11.5. The molecule has 0 bridgehead atoms. The minimum Gasteiger partial charge on any atom is -0.493 e. The van der Waals surface area contributed by atoms with Gasteiger partial charge in [-0.3, -0.25) is 4.98 Å². The molecule has 17 heavy (non-hydrogen) atoms. The maximum atomic E-state index is 5.43. The Bertz CT molecular complexity index is 552. The molecule has 0 amide bonds. The van der Waals surface area contributed by atoms with Crippen LogP contribution in [0.5, 0.6) is 17.2 Å². The average Bonchev–Trinajstić information content (AvgIpc) is 2.36. The number of pyridine rings is 1. The van der Waals surface area contributed by atoms with Gasteiger partial charge in [0.15, 0.2) is 11.5 Å². The summed E-state index contributed by atoms with van der Waals surface area (Å²) in [5.74, 6) is 1.91. The fourth-order valence-electron chi connectivity index (χ4n) is 1.97. The molecule has 0 atom stereocenters. The van der Waals surface area contributed by atoms with Crippen LogP contribution >= 0.6 is 0 Å². The van der Waals surface area contributed by atoms with Crippen molar-refractivity contribution in [1.29, 1.82) is 0 Å². The number of fused-ring (bicyclic) bond motifs is 1. The predicted molar refractivity (Wildman–Crippen MR) is 66.1 cm³/mol. The first-order chi connectivity index (χ1) is 8.22. The van der Waals surface area contributed by atoms with Crippen molar-refractivity contribution in [3.05, 3.63) is 24.0 Å². The maximum absolute atomic E-state index is 5.43. The van der Waals surface area contributed by atoms with Crippen LogP contribution in [0.15, 0.2) is 18.3 Å². The summed E-state index contributed by atoms with van der Waals surface area (Å²) in [6.07, 6.45) is 1.77. The number of ether oxygens (including phenoxy) is 3. The van der Waals surface area contributed by atoms with E-state index in [9.17, 15) is 0 Å². The Labute approximate surface area is 100 Å². The minimum atomic E-state index is 0.596. The van der Waals surface area contributed by atoms with Crippen LogP contribution in [0.4, 0.5) is 0 Å². The largest absolute Gasteiger partial charge is 0.493 e. The molecule has 2 rings (SSSR count). The number of aryl methyl sites for hydroxylation is 1. The van der Waals surface area contributed by atoms with Gasteiger partial charge in [0.05, 0.1) is 21.3 Å². The van der Waals surface area contributed by atoms with Crippen LogP contribution in [-0.2, 0) is 0 Å². The zero-order valence-electron chi connectivity index (χ0n) is 10.4. The first-order valence-electron chi connectivity index (χ1n) is 5.27.